The van der Waals surface area contributed by atoms with Gasteiger partial charge in [-0.2, -0.15) is 0 Å². The van der Waals surface area contributed by atoms with Gasteiger partial charge in [-0.05, 0) is 33.1 Å². The van der Waals surface area contributed by atoms with E-state index in [4.69, 9.17) is 0 Å². The van der Waals surface area contributed by atoms with Crippen LogP contribution in [0.5, 0.6) is 0 Å². The Morgan fingerprint density at radius 3 is 2.68 bits per heavy atom. The fourth-order valence-electron chi connectivity index (χ4n) is 2.64. The topological polar surface area (TPSA) is 89.9 Å². The van der Waals surface area contributed by atoms with Gasteiger partial charge in [-0.3, -0.25) is 9.59 Å². The van der Waals surface area contributed by atoms with E-state index < -0.39 is 11.5 Å². The lowest BCUT2D eigenvalue weighted by Crippen LogP contribution is -2.49. The molecular formula is C16H28N2O4. The lowest BCUT2D eigenvalue weighted by molar-refractivity contribution is -0.138. The van der Waals surface area contributed by atoms with Gasteiger partial charge in [0.05, 0.1) is 30.7 Å². The van der Waals surface area contributed by atoms with E-state index in [1.165, 1.54) is 0 Å². The van der Waals surface area contributed by atoms with Gasteiger partial charge in [-0.15, -0.1) is 6.58 Å². The molecule has 3 N–H and O–H groups in total. The van der Waals surface area contributed by atoms with Crippen LogP contribution in [0.3, 0.4) is 0 Å². The molecule has 2 atom stereocenters. The van der Waals surface area contributed by atoms with Crippen molar-refractivity contribution in [1.82, 2.24) is 10.2 Å². The minimum Gasteiger partial charge on any atom is -0.394 e. The molecule has 1 aliphatic heterocycles. The van der Waals surface area contributed by atoms with Crippen molar-refractivity contribution in [2.75, 3.05) is 19.8 Å². The summed E-state index contributed by atoms with van der Waals surface area (Å²) in [7, 11) is 0. The second-order valence-electron chi connectivity index (χ2n) is 6.52. The Balaban J connectivity index is 2.68. The average molecular weight is 312 g/mol. The van der Waals surface area contributed by atoms with Crippen LogP contribution in [0.2, 0.25) is 0 Å². The van der Waals surface area contributed by atoms with Crippen LogP contribution in [0.4, 0.5) is 0 Å². The van der Waals surface area contributed by atoms with E-state index in [1.54, 1.807) is 24.8 Å². The monoisotopic (exact) mass is 312 g/mol. The Labute approximate surface area is 132 Å². The van der Waals surface area contributed by atoms with Gasteiger partial charge in [0.25, 0.3) is 0 Å². The van der Waals surface area contributed by atoms with Gasteiger partial charge in [-0.25, -0.2) is 0 Å². The molecule has 0 radical (unpaired) electrons. The number of aliphatic hydroxyl groups is 2. The van der Waals surface area contributed by atoms with Crippen molar-refractivity contribution in [2.24, 2.45) is 5.92 Å². The zero-order chi connectivity index (χ0) is 16.8. The third-order valence-corrected chi connectivity index (χ3v) is 4.01. The van der Waals surface area contributed by atoms with Crippen molar-refractivity contribution in [1.29, 1.82) is 0 Å². The normalized spacial score (nSPS) is 19.8. The minimum absolute atomic E-state index is 0.0401. The zero-order valence-electron chi connectivity index (χ0n) is 13.5. The van der Waals surface area contributed by atoms with E-state index in [9.17, 15) is 19.8 Å². The maximum absolute atomic E-state index is 12.4. The van der Waals surface area contributed by atoms with Gasteiger partial charge in [0, 0.05) is 13.0 Å². The highest BCUT2D eigenvalue weighted by atomic mass is 16.3. The molecule has 2 unspecified atom stereocenters. The lowest BCUT2D eigenvalue weighted by atomic mass is 9.97. The van der Waals surface area contributed by atoms with Crippen LogP contribution in [-0.4, -0.2) is 58.3 Å². The molecule has 1 saturated heterocycles. The first kappa shape index (κ1) is 18.6. The number of nitrogens with one attached hydrogen (secondary N) is 1. The maximum atomic E-state index is 12.4. The van der Waals surface area contributed by atoms with Gasteiger partial charge in [0.2, 0.25) is 11.8 Å². The van der Waals surface area contributed by atoms with E-state index in [2.05, 4.69) is 11.9 Å². The standard InChI is InChI=1S/C16H28N2O4/c1-4-6-12(15(22)17-16(2,3)11-20)9-14(21)18-8-5-7-13(18)10-19/h4,12-13,19-20H,1,5-11H2,2-3H3,(H,17,22). The summed E-state index contributed by atoms with van der Waals surface area (Å²) >= 11 is 0. The van der Waals surface area contributed by atoms with Crippen LogP contribution >= 0.6 is 0 Å². The molecule has 1 aliphatic rings. The van der Waals surface area contributed by atoms with E-state index in [1.807, 2.05) is 0 Å². The molecule has 0 bridgehead atoms. The highest BCUT2D eigenvalue weighted by molar-refractivity contribution is 5.86. The molecule has 0 aromatic heterocycles. The molecule has 1 fully saturated rings. The first-order valence-corrected chi connectivity index (χ1v) is 7.78. The number of nitrogens with zero attached hydrogens (tertiary/aromatic N) is 1. The summed E-state index contributed by atoms with van der Waals surface area (Å²) in [5.41, 5.74) is -0.721. The van der Waals surface area contributed by atoms with Gasteiger partial charge in [0.15, 0.2) is 0 Å². The zero-order valence-corrected chi connectivity index (χ0v) is 13.5. The summed E-state index contributed by atoms with van der Waals surface area (Å²) < 4.78 is 0. The highest BCUT2D eigenvalue weighted by Crippen LogP contribution is 2.21. The first-order valence-electron chi connectivity index (χ1n) is 7.78. The summed E-state index contributed by atoms with van der Waals surface area (Å²) in [5, 5.41) is 21.3. The number of hydrogen-bond acceptors (Lipinski definition) is 4. The summed E-state index contributed by atoms with van der Waals surface area (Å²) in [6.07, 6.45) is 3.80. The van der Waals surface area contributed by atoms with Crippen molar-refractivity contribution < 1.29 is 19.8 Å². The summed E-state index contributed by atoms with van der Waals surface area (Å²) in [4.78, 5) is 26.4. The van der Waals surface area contributed by atoms with Crippen molar-refractivity contribution in [2.45, 2.75) is 51.1 Å². The molecule has 22 heavy (non-hydrogen) atoms. The Morgan fingerprint density at radius 1 is 1.45 bits per heavy atom. The Morgan fingerprint density at radius 2 is 2.14 bits per heavy atom. The van der Waals surface area contributed by atoms with Crippen molar-refractivity contribution in [3.05, 3.63) is 12.7 Å². The number of allylic oxidation sites excluding steroid dienone is 1. The number of carbonyl (C=O) groups is 2. The molecule has 0 aromatic rings. The fraction of sp³-hybridized carbons (Fsp3) is 0.750. The van der Waals surface area contributed by atoms with Crippen LogP contribution in [0.25, 0.3) is 0 Å². The van der Waals surface area contributed by atoms with Crippen LogP contribution in [0, 0.1) is 5.92 Å². The smallest absolute Gasteiger partial charge is 0.224 e. The Hall–Kier alpha value is -1.40. The number of aliphatic hydroxyl groups excluding tert-OH is 2. The van der Waals surface area contributed by atoms with Gasteiger partial charge < -0.3 is 20.4 Å². The molecule has 1 heterocycles. The predicted molar refractivity (Wildman–Crippen MR) is 84.0 cm³/mol. The Kier molecular flexibility index (Phi) is 7.03. The number of hydrogen-bond donors (Lipinski definition) is 3. The van der Waals surface area contributed by atoms with Crippen molar-refractivity contribution in [3.63, 3.8) is 0 Å². The number of amides is 2. The molecule has 126 valence electrons. The van der Waals surface area contributed by atoms with Crippen LogP contribution in [-0.2, 0) is 9.59 Å². The third-order valence-electron chi connectivity index (χ3n) is 4.01. The highest BCUT2D eigenvalue weighted by Gasteiger charge is 2.32. The molecular weight excluding hydrogens is 284 g/mol. The lowest BCUT2D eigenvalue weighted by Gasteiger charge is -2.28. The average Bonchev–Trinajstić information content (AvgIpc) is 2.94. The van der Waals surface area contributed by atoms with Gasteiger partial charge in [-0.1, -0.05) is 6.08 Å². The molecule has 0 aliphatic carbocycles. The Bertz CT molecular complexity index is 409. The fourth-order valence-corrected chi connectivity index (χ4v) is 2.64. The van der Waals surface area contributed by atoms with E-state index in [-0.39, 0.29) is 37.5 Å². The minimum atomic E-state index is -0.721. The summed E-state index contributed by atoms with van der Waals surface area (Å²) in [6, 6.07) is -0.131. The first-order chi connectivity index (χ1) is 10.3. The molecule has 0 aromatic carbocycles. The van der Waals surface area contributed by atoms with E-state index >= 15 is 0 Å². The predicted octanol–water partition coefficient (Wildman–Crippen LogP) is 0.439. The number of likely N-dealkylation sites (tertiary alicyclic amines) is 1. The molecule has 1 rings (SSSR count). The third kappa shape index (κ3) is 5.10. The second kappa shape index (κ2) is 8.29. The summed E-state index contributed by atoms with van der Waals surface area (Å²) in [6.45, 7) is 7.50. The maximum Gasteiger partial charge on any atom is 0.224 e. The molecule has 0 spiro atoms. The number of carbonyl (C=O) groups excluding carboxylic acids is 2. The summed E-state index contributed by atoms with van der Waals surface area (Å²) in [5.74, 6) is -0.872. The molecule has 6 nitrogen and oxygen atoms in total. The van der Waals surface area contributed by atoms with Gasteiger partial charge in [0.1, 0.15) is 0 Å². The van der Waals surface area contributed by atoms with Gasteiger partial charge >= 0.3 is 0 Å². The van der Waals surface area contributed by atoms with E-state index in [0.29, 0.717) is 13.0 Å². The molecule has 2 amide bonds. The van der Waals surface area contributed by atoms with E-state index in [0.717, 1.165) is 12.8 Å². The van der Waals surface area contributed by atoms with Crippen molar-refractivity contribution in [3.8, 4) is 0 Å². The van der Waals surface area contributed by atoms with Crippen molar-refractivity contribution >= 4 is 11.8 Å². The van der Waals surface area contributed by atoms with Crippen LogP contribution in [0.1, 0.15) is 39.5 Å². The number of rotatable bonds is 8. The molecule has 0 saturated carbocycles. The molecule has 6 heteroatoms. The SMILES string of the molecule is C=CCC(CC(=O)N1CCCC1CO)C(=O)NC(C)(C)CO. The van der Waals surface area contributed by atoms with Crippen LogP contribution in [0.15, 0.2) is 12.7 Å². The second-order valence-corrected chi connectivity index (χ2v) is 6.52. The quantitative estimate of drug-likeness (QED) is 0.567. The van der Waals surface area contributed by atoms with Crippen LogP contribution < -0.4 is 5.32 Å². The largest absolute Gasteiger partial charge is 0.394 e.